The number of ether oxygens (including phenoxy) is 1. The summed E-state index contributed by atoms with van der Waals surface area (Å²) in [6.45, 7) is 11.6. The zero-order valence-electron chi connectivity index (χ0n) is 22.3. The Kier molecular flexibility index (Phi) is 10.6. The van der Waals surface area contributed by atoms with Gasteiger partial charge in [0, 0.05) is 11.8 Å². The molecule has 1 saturated carbocycles. The quantitative estimate of drug-likeness (QED) is 0.262. The lowest BCUT2D eigenvalue weighted by Crippen LogP contribution is -2.26. The van der Waals surface area contributed by atoms with Gasteiger partial charge in [0.25, 0.3) is 0 Å². The number of carboxylic acid groups (broad SMARTS) is 1. The van der Waals surface area contributed by atoms with Gasteiger partial charge in [-0.3, -0.25) is 4.79 Å². The monoisotopic (exact) mass is 496 g/mol. The fourth-order valence-corrected chi connectivity index (χ4v) is 5.35. The van der Waals surface area contributed by atoms with Crippen molar-refractivity contribution >= 4 is 5.97 Å². The third-order valence-electron chi connectivity index (χ3n) is 8.40. The van der Waals surface area contributed by atoms with Crippen LogP contribution < -0.4 is 4.74 Å². The van der Waals surface area contributed by atoms with Gasteiger partial charge in [0.2, 0.25) is 0 Å². The van der Waals surface area contributed by atoms with Gasteiger partial charge in [-0.05, 0) is 105 Å². The van der Waals surface area contributed by atoms with Gasteiger partial charge in [-0.15, -0.1) is 0 Å². The number of carbonyl (C=O) groups is 1. The molecule has 1 fully saturated rings. The second-order valence-corrected chi connectivity index (χ2v) is 10.8. The Morgan fingerprint density at radius 1 is 1.03 bits per heavy atom. The number of aliphatic hydroxyl groups excluding tert-OH is 1. The molecule has 1 unspecified atom stereocenters. The Morgan fingerprint density at radius 3 is 2.17 bits per heavy atom. The molecule has 1 aliphatic rings. The van der Waals surface area contributed by atoms with E-state index in [1.54, 1.807) is 0 Å². The first-order chi connectivity index (χ1) is 16.6. The fraction of sp³-hybridized carbons (Fsp3) is 0.594. The summed E-state index contributed by atoms with van der Waals surface area (Å²) < 4.78 is 5.96. The molecule has 3 rings (SSSR count). The predicted molar refractivity (Wildman–Crippen MR) is 149 cm³/mol. The molecular formula is C32H48O4. The van der Waals surface area contributed by atoms with Crippen LogP contribution >= 0.6 is 0 Å². The van der Waals surface area contributed by atoms with Crippen LogP contribution in [-0.4, -0.2) is 28.9 Å². The summed E-state index contributed by atoms with van der Waals surface area (Å²) in [6, 6.07) is 13.5. The maximum absolute atomic E-state index is 10.7. The molecule has 4 heteroatoms. The lowest BCUT2D eigenvalue weighted by atomic mass is 9.69. The Bertz CT molecular complexity index is 1000. The summed E-state index contributed by atoms with van der Waals surface area (Å²) in [5.41, 5.74) is 6.50. The second kappa shape index (κ2) is 12.8. The highest BCUT2D eigenvalue weighted by Gasteiger charge is 2.43. The van der Waals surface area contributed by atoms with E-state index in [2.05, 4.69) is 71.0 Å². The minimum atomic E-state index is -0.755. The standard InChI is InChI=1S/C31H44O4.CH4/c1-6-31(7-2,26-14-15-27(23(4)21-26)35-19-9-8-10-29(33)34)25-13-11-24(22(3)20-25)12-16-28(32)30(5)17-18-30;/h11,13-15,20-21,28,32H,6-10,12,16-19H2,1-5H3,(H,33,34);1H4. The highest BCUT2D eigenvalue weighted by molar-refractivity contribution is 5.66. The number of aryl methyl sites for hydroxylation is 3. The van der Waals surface area contributed by atoms with E-state index in [1.165, 1.54) is 22.3 Å². The first-order valence-corrected chi connectivity index (χ1v) is 13.4. The highest BCUT2D eigenvalue weighted by atomic mass is 16.5. The predicted octanol–water partition coefficient (Wildman–Crippen LogP) is 7.77. The summed E-state index contributed by atoms with van der Waals surface area (Å²) >= 11 is 0. The molecule has 4 nitrogen and oxygen atoms in total. The molecule has 0 heterocycles. The van der Waals surface area contributed by atoms with E-state index in [4.69, 9.17) is 9.84 Å². The van der Waals surface area contributed by atoms with Crippen LogP contribution in [0.5, 0.6) is 5.75 Å². The molecule has 0 saturated heterocycles. The molecule has 1 atom stereocenters. The van der Waals surface area contributed by atoms with Crippen molar-refractivity contribution in [2.75, 3.05) is 6.61 Å². The Morgan fingerprint density at radius 2 is 1.64 bits per heavy atom. The lowest BCUT2D eigenvalue weighted by molar-refractivity contribution is -0.137. The second-order valence-electron chi connectivity index (χ2n) is 10.8. The van der Waals surface area contributed by atoms with E-state index >= 15 is 0 Å². The minimum absolute atomic E-state index is 0. The topological polar surface area (TPSA) is 66.8 Å². The van der Waals surface area contributed by atoms with Gasteiger partial charge in [-0.2, -0.15) is 0 Å². The van der Waals surface area contributed by atoms with Gasteiger partial charge in [0.15, 0.2) is 0 Å². The van der Waals surface area contributed by atoms with Crippen molar-refractivity contribution in [2.45, 2.75) is 111 Å². The van der Waals surface area contributed by atoms with E-state index in [0.717, 1.165) is 56.3 Å². The number of unbranched alkanes of at least 4 members (excludes halogenated alkanes) is 1. The SMILES string of the molecule is C.CCC(CC)(c1ccc(CCC(O)C2(C)CC2)c(C)c1)c1ccc(OCCCCC(=O)O)c(C)c1. The number of aliphatic carboxylic acids is 1. The maximum atomic E-state index is 10.7. The largest absolute Gasteiger partial charge is 0.493 e. The van der Waals surface area contributed by atoms with Gasteiger partial charge < -0.3 is 14.9 Å². The molecule has 0 aliphatic heterocycles. The molecule has 0 bridgehead atoms. The van der Waals surface area contributed by atoms with Gasteiger partial charge in [-0.25, -0.2) is 0 Å². The summed E-state index contributed by atoms with van der Waals surface area (Å²) in [4.78, 5) is 10.7. The molecule has 200 valence electrons. The summed E-state index contributed by atoms with van der Waals surface area (Å²) in [7, 11) is 0. The van der Waals surface area contributed by atoms with Gasteiger partial charge in [-0.1, -0.05) is 58.5 Å². The molecule has 2 N–H and O–H groups in total. The van der Waals surface area contributed by atoms with E-state index in [0.29, 0.717) is 13.0 Å². The minimum Gasteiger partial charge on any atom is -0.493 e. The number of aliphatic hydroxyl groups is 1. The number of rotatable bonds is 14. The number of benzene rings is 2. The highest BCUT2D eigenvalue weighted by Crippen LogP contribution is 2.49. The molecule has 0 amide bonds. The summed E-state index contributed by atoms with van der Waals surface area (Å²) in [6.07, 6.45) is 7.43. The molecular weight excluding hydrogens is 448 g/mol. The first kappa shape index (κ1) is 29.9. The molecule has 0 aromatic heterocycles. The lowest BCUT2D eigenvalue weighted by Gasteiger charge is -2.34. The smallest absolute Gasteiger partial charge is 0.303 e. The van der Waals surface area contributed by atoms with E-state index in [9.17, 15) is 9.90 Å². The molecule has 0 radical (unpaired) electrons. The normalized spacial score (nSPS) is 15.2. The van der Waals surface area contributed by atoms with Crippen molar-refractivity contribution < 1.29 is 19.7 Å². The van der Waals surface area contributed by atoms with Crippen molar-refractivity contribution in [2.24, 2.45) is 5.41 Å². The van der Waals surface area contributed by atoms with Crippen LogP contribution in [0.1, 0.15) is 107 Å². The Labute approximate surface area is 219 Å². The third-order valence-corrected chi connectivity index (χ3v) is 8.40. The van der Waals surface area contributed by atoms with Gasteiger partial charge in [0.05, 0.1) is 12.7 Å². The van der Waals surface area contributed by atoms with E-state index < -0.39 is 5.97 Å². The van der Waals surface area contributed by atoms with Crippen LogP contribution in [0.2, 0.25) is 0 Å². The maximum Gasteiger partial charge on any atom is 0.303 e. The summed E-state index contributed by atoms with van der Waals surface area (Å²) in [5, 5.41) is 19.3. The first-order valence-electron chi connectivity index (χ1n) is 13.4. The molecule has 2 aromatic carbocycles. The van der Waals surface area contributed by atoms with Gasteiger partial charge >= 0.3 is 5.97 Å². The van der Waals surface area contributed by atoms with Crippen molar-refractivity contribution in [1.82, 2.24) is 0 Å². The van der Waals surface area contributed by atoms with Crippen LogP contribution in [0.4, 0.5) is 0 Å². The summed E-state index contributed by atoms with van der Waals surface area (Å²) in [5.74, 6) is 0.120. The van der Waals surface area contributed by atoms with Crippen molar-refractivity contribution in [1.29, 1.82) is 0 Å². The van der Waals surface area contributed by atoms with Crippen molar-refractivity contribution in [3.05, 3.63) is 64.2 Å². The molecule has 0 spiro atoms. The number of hydrogen-bond donors (Lipinski definition) is 2. The number of hydrogen-bond acceptors (Lipinski definition) is 3. The van der Waals surface area contributed by atoms with Crippen LogP contribution in [0, 0.1) is 19.3 Å². The van der Waals surface area contributed by atoms with Crippen molar-refractivity contribution in [3.8, 4) is 5.75 Å². The van der Waals surface area contributed by atoms with Crippen LogP contribution in [-0.2, 0) is 16.6 Å². The molecule has 36 heavy (non-hydrogen) atoms. The average molecular weight is 497 g/mol. The molecule has 2 aromatic rings. The zero-order valence-corrected chi connectivity index (χ0v) is 22.3. The van der Waals surface area contributed by atoms with Crippen LogP contribution in [0.15, 0.2) is 36.4 Å². The average Bonchev–Trinajstić information content (AvgIpc) is 3.59. The van der Waals surface area contributed by atoms with Crippen molar-refractivity contribution in [3.63, 3.8) is 0 Å². The van der Waals surface area contributed by atoms with Crippen LogP contribution in [0.3, 0.4) is 0 Å². The number of carboxylic acids is 1. The third kappa shape index (κ3) is 6.91. The van der Waals surface area contributed by atoms with Crippen LogP contribution in [0.25, 0.3) is 0 Å². The Hall–Kier alpha value is -2.33. The van der Waals surface area contributed by atoms with E-state index in [1.807, 2.05) is 0 Å². The zero-order chi connectivity index (χ0) is 25.6. The fourth-order valence-electron chi connectivity index (χ4n) is 5.35. The molecule has 1 aliphatic carbocycles. The van der Waals surface area contributed by atoms with Gasteiger partial charge in [0.1, 0.15) is 5.75 Å². The van der Waals surface area contributed by atoms with E-state index in [-0.39, 0.29) is 30.8 Å². The Balaban J connectivity index is 0.00000456.